The monoisotopic (exact) mass is 371 g/mol. The third-order valence-corrected chi connectivity index (χ3v) is 4.87. The number of hydrogen-bond donors (Lipinski definition) is 1. The summed E-state index contributed by atoms with van der Waals surface area (Å²) in [5.41, 5.74) is 1.59. The van der Waals surface area contributed by atoms with E-state index >= 15 is 0 Å². The topological polar surface area (TPSA) is 64.6 Å². The van der Waals surface area contributed by atoms with Crippen molar-refractivity contribution in [2.45, 2.75) is 32.3 Å². The van der Waals surface area contributed by atoms with Gasteiger partial charge in [-0.1, -0.05) is 12.1 Å². The predicted molar refractivity (Wildman–Crippen MR) is 91.0 cm³/mol. The second-order valence-corrected chi connectivity index (χ2v) is 7.00. The lowest BCUT2D eigenvalue weighted by Gasteiger charge is -2.15. The van der Waals surface area contributed by atoms with Crippen molar-refractivity contribution in [3.63, 3.8) is 0 Å². The van der Waals surface area contributed by atoms with Gasteiger partial charge in [0.15, 0.2) is 11.5 Å². The van der Waals surface area contributed by atoms with E-state index in [1.807, 2.05) is 6.07 Å². The lowest BCUT2D eigenvalue weighted by molar-refractivity contribution is -0.0514. The number of sulfonamides is 1. The van der Waals surface area contributed by atoms with Gasteiger partial charge in [-0.05, 0) is 50.1 Å². The van der Waals surface area contributed by atoms with Gasteiger partial charge in [0.05, 0.1) is 17.2 Å². The minimum atomic E-state index is -3.83. The molecule has 0 fully saturated rings. The fraction of sp³-hybridized carbons (Fsp3) is 0.294. The Kier molecular flexibility index (Phi) is 5.84. The minimum absolute atomic E-state index is 0.0314. The standard InChI is InChI=1S/C17H19F2NO4S/c1-4-23-15-10-13(7-8-14(15)24-17(18)19)20-25(21,22)16-9-11(2)5-6-12(16)3/h5-10,17,20H,4H2,1-3H3. The summed E-state index contributed by atoms with van der Waals surface area (Å²) in [5.74, 6) is -0.129. The number of anilines is 1. The van der Waals surface area contributed by atoms with E-state index in [2.05, 4.69) is 9.46 Å². The van der Waals surface area contributed by atoms with Gasteiger partial charge in [-0.15, -0.1) is 0 Å². The van der Waals surface area contributed by atoms with Gasteiger partial charge in [0.1, 0.15) is 0 Å². The summed E-state index contributed by atoms with van der Waals surface area (Å²) in [5, 5.41) is 0. The second kappa shape index (κ2) is 7.69. The maximum Gasteiger partial charge on any atom is 0.387 e. The third-order valence-electron chi connectivity index (χ3n) is 3.34. The normalized spacial score (nSPS) is 11.4. The first-order valence-electron chi connectivity index (χ1n) is 7.54. The molecule has 0 unspecified atom stereocenters. The van der Waals surface area contributed by atoms with Crippen LogP contribution in [-0.2, 0) is 10.0 Å². The maximum atomic E-state index is 12.6. The predicted octanol–water partition coefficient (Wildman–Crippen LogP) is 4.10. The molecule has 5 nitrogen and oxygen atoms in total. The van der Waals surface area contributed by atoms with Crippen LogP contribution < -0.4 is 14.2 Å². The number of aryl methyl sites for hydroxylation is 2. The number of nitrogens with one attached hydrogen (secondary N) is 1. The molecule has 0 aromatic heterocycles. The van der Waals surface area contributed by atoms with Crippen LogP contribution in [0.2, 0.25) is 0 Å². The highest BCUT2D eigenvalue weighted by atomic mass is 32.2. The number of rotatable bonds is 7. The van der Waals surface area contributed by atoms with Crippen molar-refractivity contribution in [2.75, 3.05) is 11.3 Å². The Morgan fingerprint density at radius 3 is 2.44 bits per heavy atom. The summed E-state index contributed by atoms with van der Waals surface area (Å²) in [6, 6.07) is 8.98. The highest BCUT2D eigenvalue weighted by Crippen LogP contribution is 2.33. The average molecular weight is 371 g/mol. The van der Waals surface area contributed by atoms with E-state index < -0.39 is 16.6 Å². The van der Waals surface area contributed by atoms with E-state index in [4.69, 9.17) is 4.74 Å². The van der Waals surface area contributed by atoms with Crippen molar-refractivity contribution in [1.29, 1.82) is 0 Å². The van der Waals surface area contributed by atoms with Gasteiger partial charge in [-0.25, -0.2) is 8.42 Å². The quantitative estimate of drug-likeness (QED) is 0.796. The highest BCUT2D eigenvalue weighted by molar-refractivity contribution is 7.92. The zero-order valence-electron chi connectivity index (χ0n) is 14.0. The van der Waals surface area contributed by atoms with Crippen molar-refractivity contribution in [1.82, 2.24) is 0 Å². The van der Waals surface area contributed by atoms with Gasteiger partial charge < -0.3 is 9.47 Å². The number of hydrogen-bond acceptors (Lipinski definition) is 4. The molecule has 2 rings (SSSR count). The van der Waals surface area contributed by atoms with Crippen molar-refractivity contribution in [3.05, 3.63) is 47.5 Å². The molecule has 0 aliphatic heterocycles. The van der Waals surface area contributed by atoms with Gasteiger partial charge in [0.2, 0.25) is 0 Å². The van der Waals surface area contributed by atoms with Crippen LogP contribution >= 0.6 is 0 Å². The summed E-state index contributed by atoms with van der Waals surface area (Å²) in [6.07, 6.45) is 0. The molecule has 0 spiro atoms. The number of ether oxygens (including phenoxy) is 2. The summed E-state index contributed by atoms with van der Waals surface area (Å²) in [6.45, 7) is 2.38. The molecule has 0 radical (unpaired) electrons. The molecule has 0 bridgehead atoms. The molecule has 136 valence electrons. The highest BCUT2D eigenvalue weighted by Gasteiger charge is 2.19. The van der Waals surface area contributed by atoms with Gasteiger partial charge >= 0.3 is 6.61 Å². The Morgan fingerprint density at radius 2 is 1.80 bits per heavy atom. The molecular weight excluding hydrogens is 352 g/mol. The Labute approximate surface area is 145 Å². The Morgan fingerprint density at radius 1 is 1.08 bits per heavy atom. The molecule has 8 heteroatoms. The van der Waals surface area contributed by atoms with Crippen LogP contribution in [0.5, 0.6) is 11.5 Å². The Bertz CT molecular complexity index is 854. The fourth-order valence-electron chi connectivity index (χ4n) is 2.24. The number of halogens is 2. The lowest BCUT2D eigenvalue weighted by atomic mass is 10.2. The van der Waals surface area contributed by atoms with Crippen molar-refractivity contribution < 1.29 is 26.7 Å². The number of benzene rings is 2. The molecule has 2 aromatic carbocycles. The molecule has 0 saturated carbocycles. The van der Waals surface area contributed by atoms with Crippen LogP contribution in [0.4, 0.5) is 14.5 Å². The molecule has 0 aliphatic carbocycles. The van der Waals surface area contributed by atoms with E-state index in [-0.39, 0.29) is 28.7 Å². The zero-order valence-corrected chi connectivity index (χ0v) is 14.9. The Hall–Kier alpha value is -2.35. The van der Waals surface area contributed by atoms with Crippen molar-refractivity contribution >= 4 is 15.7 Å². The molecular formula is C17H19F2NO4S. The zero-order chi connectivity index (χ0) is 18.6. The SMILES string of the molecule is CCOc1cc(NS(=O)(=O)c2cc(C)ccc2C)ccc1OC(F)F. The van der Waals surface area contributed by atoms with E-state index in [0.717, 1.165) is 5.56 Å². The Balaban J connectivity index is 2.35. The molecule has 2 aromatic rings. The fourth-order valence-corrected chi connectivity index (χ4v) is 3.62. The van der Waals surface area contributed by atoms with Crippen molar-refractivity contribution in [3.8, 4) is 11.5 Å². The van der Waals surface area contributed by atoms with Gasteiger partial charge in [-0.2, -0.15) is 8.78 Å². The van der Waals surface area contributed by atoms with E-state index in [1.165, 1.54) is 18.2 Å². The van der Waals surface area contributed by atoms with E-state index in [9.17, 15) is 17.2 Å². The van der Waals surface area contributed by atoms with Crippen LogP contribution in [0.3, 0.4) is 0 Å². The van der Waals surface area contributed by atoms with E-state index in [1.54, 1.807) is 32.9 Å². The molecule has 0 heterocycles. The van der Waals surface area contributed by atoms with E-state index in [0.29, 0.717) is 5.56 Å². The molecule has 0 aliphatic rings. The lowest BCUT2D eigenvalue weighted by Crippen LogP contribution is -2.15. The third kappa shape index (κ3) is 4.82. The summed E-state index contributed by atoms with van der Waals surface area (Å²) in [7, 11) is -3.83. The largest absolute Gasteiger partial charge is 0.490 e. The van der Waals surface area contributed by atoms with Crippen LogP contribution in [0, 0.1) is 13.8 Å². The van der Waals surface area contributed by atoms with Gasteiger partial charge in [-0.3, -0.25) is 4.72 Å². The number of alkyl halides is 2. The average Bonchev–Trinajstić information content (AvgIpc) is 2.51. The molecule has 0 amide bonds. The van der Waals surface area contributed by atoms with Crippen LogP contribution in [0.15, 0.2) is 41.3 Å². The van der Waals surface area contributed by atoms with Crippen molar-refractivity contribution in [2.24, 2.45) is 0 Å². The maximum absolute atomic E-state index is 12.6. The second-order valence-electron chi connectivity index (χ2n) is 5.35. The molecule has 0 saturated heterocycles. The summed E-state index contributed by atoms with van der Waals surface area (Å²) >= 11 is 0. The summed E-state index contributed by atoms with van der Waals surface area (Å²) in [4.78, 5) is 0.151. The molecule has 0 atom stereocenters. The van der Waals surface area contributed by atoms with Crippen LogP contribution in [0.25, 0.3) is 0 Å². The first kappa shape index (κ1) is 19.0. The first-order chi connectivity index (χ1) is 11.7. The minimum Gasteiger partial charge on any atom is -0.490 e. The van der Waals surface area contributed by atoms with Crippen LogP contribution in [0.1, 0.15) is 18.1 Å². The van der Waals surface area contributed by atoms with Gasteiger partial charge in [0.25, 0.3) is 10.0 Å². The smallest absolute Gasteiger partial charge is 0.387 e. The molecule has 25 heavy (non-hydrogen) atoms. The van der Waals surface area contributed by atoms with Gasteiger partial charge in [0, 0.05) is 6.07 Å². The molecule has 1 N–H and O–H groups in total. The first-order valence-corrected chi connectivity index (χ1v) is 9.03. The summed E-state index contributed by atoms with van der Waals surface area (Å²) < 4.78 is 62.1. The van der Waals surface area contributed by atoms with Crippen LogP contribution in [-0.4, -0.2) is 21.6 Å².